The first-order valence-corrected chi connectivity index (χ1v) is 11.3. The van der Waals surface area contributed by atoms with E-state index in [4.69, 9.17) is 23.2 Å². The molecule has 0 aliphatic heterocycles. The van der Waals surface area contributed by atoms with Crippen LogP contribution in [-0.2, 0) is 4.79 Å². The lowest BCUT2D eigenvalue weighted by molar-refractivity contribution is -0.117. The molecular weight excluding hydrogens is 467 g/mol. The molecule has 1 aliphatic rings. The molecule has 1 amide bonds. The van der Waals surface area contributed by atoms with Crippen LogP contribution in [0.1, 0.15) is 18.4 Å². The Morgan fingerprint density at radius 1 is 1.19 bits per heavy atom. The lowest BCUT2D eigenvalue weighted by Crippen LogP contribution is -2.14. The van der Waals surface area contributed by atoms with Gasteiger partial charge in [0.05, 0.1) is 15.3 Å². The molecule has 0 spiro atoms. The zero-order chi connectivity index (χ0) is 22.2. The maximum atomic E-state index is 12.2. The van der Waals surface area contributed by atoms with Crippen LogP contribution in [0.15, 0.2) is 42.9 Å². The predicted molar refractivity (Wildman–Crippen MR) is 124 cm³/mol. The number of hydrogen-bond acceptors (Lipinski definition) is 6. The number of anilines is 1. The van der Waals surface area contributed by atoms with Gasteiger partial charge in [-0.3, -0.25) is 9.89 Å². The van der Waals surface area contributed by atoms with E-state index in [1.807, 2.05) is 0 Å². The van der Waals surface area contributed by atoms with Gasteiger partial charge in [0.2, 0.25) is 5.91 Å². The first-order valence-electron chi connectivity index (χ1n) is 9.70. The Hall–Kier alpha value is -3.25. The van der Waals surface area contributed by atoms with Crippen molar-refractivity contribution in [1.29, 1.82) is 5.26 Å². The van der Waals surface area contributed by atoms with Crippen molar-refractivity contribution in [2.45, 2.75) is 12.8 Å². The molecule has 2 N–H and O–H groups in total. The monoisotopic (exact) mass is 480 g/mol. The SMILES string of the molecule is N#Cc1c(-c2ccnc(NC(=O)C3CC3)c2)sc(-c2ncn[nH]2)c1-c1ccc(Cl)cc1Cl. The third kappa shape index (κ3) is 3.86. The highest BCUT2D eigenvalue weighted by atomic mass is 35.5. The minimum absolute atomic E-state index is 0.0303. The maximum absolute atomic E-state index is 12.2. The summed E-state index contributed by atoms with van der Waals surface area (Å²) in [6, 6.07) is 11.0. The molecule has 0 atom stereocenters. The number of aromatic nitrogens is 4. The van der Waals surface area contributed by atoms with Gasteiger partial charge in [0, 0.05) is 33.3 Å². The molecule has 7 nitrogen and oxygen atoms in total. The number of thiophene rings is 1. The van der Waals surface area contributed by atoms with Gasteiger partial charge < -0.3 is 5.32 Å². The molecule has 3 heterocycles. The number of aromatic amines is 1. The number of rotatable bonds is 5. The molecule has 0 bridgehead atoms. The Balaban J connectivity index is 1.67. The summed E-state index contributed by atoms with van der Waals surface area (Å²) < 4.78 is 0. The third-order valence-corrected chi connectivity index (χ3v) is 6.87. The highest BCUT2D eigenvalue weighted by molar-refractivity contribution is 7.19. The van der Waals surface area contributed by atoms with Crippen LogP contribution in [-0.4, -0.2) is 26.1 Å². The fourth-order valence-corrected chi connectivity index (χ4v) is 5.10. The van der Waals surface area contributed by atoms with Crippen LogP contribution in [0.25, 0.3) is 32.3 Å². The normalized spacial score (nSPS) is 13.0. The second kappa shape index (κ2) is 8.36. The molecule has 1 aromatic carbocycles. The minimum atomic E-state index is -0.0303. The van der Waals surface area contributed by atoms with Crippen LogP contribution < -0.4 is 5.32 Å². The third-order valence-electron chi connectivity index (χ3n) is 5.07. The number of benzene rings is 1. The lowest BCUT2D eigenvalue weighted by atomic mass is 9.98. The summed E-state index contributed by atoms with van der Waals surface area (Å²) in [5, 5.41) is 20.7. The van der Waals surface area contributed by atoms with Crippen molar-refractivity contribution in [3.63, 3.8) is 0 Å². The van der Waals surface area contributed by atoms with Gasteiger partial charge in [-0.2, -0.15) is 10.4 Å². The number of hydrogen-bond donors (Lipinski definition) is 2. The molecule has 3 aromatic heterocycles. The number of nitrogens with zero attached hydrogens (tertiary/aromatic N) is 4. The van der Waals surface area contributed by atoms with E-state index in [2.05, 4.69) is 31.6 Å². The van der Waals surface area contributed by atoms with Crippen molar-refractivity contribution in [3.05, 3.63) is 58.5 Å². The highest BCUT2D eigenvalue weighted by Gasteiger charge is 2.30. The summed E-state index contributed by atoms with van der Waals surface area (Å²) in [6.07, 6.45) is 4.83. The van der Waals surface area contributed by atoms with E-state index in [-0.39, 0.29) is 11.8 Å². The largest absolute Gasteiger partial charge is 0.310 e. The van der Waals surface area contributed by atoms with Crippen molar-refractivity contribution in [1.82, 2.24) is 20.2 Å². The summed E-state index contributed by atoms with van der Waals surface area (Å²) in [4.78, 5) is 22.1. The van der Waals surface area contributed by atoms with Gasteiger partial charge in [-0.15, -0.1) is 11.3 Å². The number of nitrogens with one attached hydrogen (secondary N) is 2. The van der Waals surface area contributed by atoms with Gasteiger partial charge >= 0.3 is 0 Å². The molecular formula is C22H14Cl2N6OS. The van der Waals surface area contributed by atoms with E-state index < -0.39 is 0 Å². The number of carbonyl (C=O) groups is 1. The standard InChI is InChI=1S/C22H14Cl2N6OS/c23-13-3-4-14(16(24)8-13)18-15(9-25)19(32-20(18)21-27-10-28-30-21)12-5-6-26-17(7-12)29-22(31)11-1-2-11/h3-8,10-11H,1-2H2,(H,26,29,31)(H,27,28,30). The van der Waals surface area contributed by atoms with Gasteiger partial charge in [-0.05, 0) is 42.7 Å². The van der Waals surface area contributed by atoms with Crippen LogP contribution in [0.2, 0.25) is 10.0 Å². The number of nitriles is 1. The first-order chi connectivity index (χ1) is 15.5. The Labute approximate surface area is 197 Å². The number of halogens is 2. The van der Waals surface area contributed by atoms with Crippen LogP contribution in [0.3, 0.4) is 0 Å². The smallest absolute Gasteiger partial charge is 0.228 e. The Bertz CT molecular complexity index is 1370. The van der Waals surface area contributed by atoms with Crippen LogP contribution in [0.5, 0.6) is 0 Å². The van der Waals surface area contributed by atoms with E-state index in [1.165, 1.54) is 17.7 Å². The molecule has 1 fully saturated rings. The van der Waals surface area contributed by atoms with E-state index >= 15 is 0 Å². The summed E-state index contributed by atoms with van der Waals surface area (Å²) in [5.41, 5.74) is 2.50. The molecule has 0 saturated heterocycles. The molecule has 10 heteroatoms. The van der Waals surface area contributed by atoms with Crippen LogP contribution >= 0.6 is 34.5 Å². The van der Waals surface area contributed by atoms with Crippen molar-refractivity contribution >= 4 is 46.3 Å². The summed E-state index contributed by atoms with van der Waals surface area (Å²) in [6.45, 7) is 0. The van der Waals surface area contributed by atoms with E-state index in [1.54, 1.807) is 36.5 Å². The van der Waals surface area contributed by atoms with Gasteiger partial charge in [0.15, 0.2) is 5.82 Å². The zero-order valence-corrected chi connectivity index (χ0v) is 18.7. The highest BCUT2D eigenvalue weighted by Crippen LogP contribution is 2.48. The van der Waals surface area contributed by atoms with Gasteiger partial charge in [-0.1, -0.05) is 29.3 Å². The van der Waals surface area contributed by atoms with Gasteiger partial charge in [-0.25, -0.2) is 9.97 Å². The van der Waals surface area contributed by atoms with E-state index in [9.17, 15) is 10.1 Å². The number of pyridine rings is 1. The van der Waals surface area contributed by atoms with Crippen molar-refractivity contribution in [2.24, 2.45) is 5.92 Å². The molecule has 158 valence electrons. The summed E-state index contributed by atoms with van der Waals surface area (Å²) in [5.74, 6) is 1.00. The maximum Gasteiger partial charge on any atom is 0.228 e. The molecule has 1 saturated carbocycles. The molecule has 0 unspecified atom stereocenters. The summed E-state index contributed by atoms with van der Waals surface area (Å²) >= 11 is 14.0. The predicted octanol–water partition coefficient (Wildman–Crippen LogP) is 5.79. The average molecular weight is 481 g/mol. The average Bonchev–Trinajstić information content (AvgIpc) is 3.36. The summed E-state index contributed by atoms with van der Waals surface area (Å²) in [7, 11) is 0. The molecule has 0 radical (unpaired) electrons. The molecule has 1 aliphatic carbocycles. The Morgan fingerprint density at radius 3 is 2.72 bits per heavy atom. The quantitative estimate of drug-likeness (QED) is 0.375. The fourth-order valence-electron chi connectivity index (χ4n) is 3.39. The molecule has 32 heavy (non-hydrogen) atoms. The second-order valence-electron chi connectivity index (χ2n) is 7.27. The van der Waals surface area contributed by atoms with Crippen molar-refractivity contribution < 1.29 is 4.79 Å². The van der Waals surface area contributed by atoms with Crippen molar-refractivity contribution in [3.8, 4) is 38.3 Å². The van der Waals surface area contributed by atoms with Crippen molar-refractivity contribution in [2.75, 3.05) is 5.32 Å². The minimum Gasteiger partial charge on any atom is -0.310 e. The molecule has 5 rings (SSSR count). The van der Waals surface area contributed by atoms with E-state index in [0.717, 1.165) is 23.3 Å². The molecule has 4 aromatic rings. The Kier molecular flexibility index (Phi) is 5.39. The first kappa shape index (κ1) is 20.6. The van der Waals surface area contributed by atoms with E-state index in [0.29, 0.717) is 43.3 Å². The lowest BCUT2D eigenvalue weighted by Gasteiger charge is -2.07. The fraction of sp³-hybridized carbons (Fsp3) is 0.136. The Morgan fingerprint density at radius 2 is 2.03 bits per heavy atom. The van der Waals surface area contributed by atoms with Crippen LogP contribution in [0, 0.1) is 17.2 Å². The van der Waals surface area contributed by atoms with Crippen LogP contribution in [0.4, 0.5) is 5.82 Å². The van der Waals surface area contributed by atoms with Gasteiger partial charge in [0.25, 0.3) is 0 Å². The topological polar surface area (TPSA) is 107 Å². The number of amides is 1. The second-order valence-corrected chi connectivity index (χ2v) is 9.14. The zero-order valence-electron chi connectivity index (χ0n) is 16.4. The number of carbonyl (C=O) groups excluding carboxylic acids is 1. The number of H-pyrrole nitrogens is 1. The van der Waals surface area contributed by atoms with Gasteiger partial charge in [0.1, 0.15) is 18.2 Å².